The number of carbonyl (C=O) groups is 1. The van der Waals surface area contributed by atoms with Gasteiger partial charge in [0, 0.05) is 16.2 Å². The Hall–Kier alpha value is -2.68. The third-order valence-electron chi connectivity index (χ3n) is 5.82. The maximum Gasteiger partial charge on any atom is 0.243 e. The van der Waals surface area contributed by atoms with Crippen molar-refractivity contribution >= 4 is 37.5 Å². The molecule has 6 nitrogen and oxygen atoms in total. The molecule has 1 N–H and O–H groups in total. The topological polar surface area (TPSA) is 75.7 Å². The fourth-order valence-electron chi connectivity index (χ4n) is 4.09. The second-order valence-electron chi connectivity index (χ2n) is 8.28. The number of benzene rings is 3. The highest BCUT2D eigenvalue weighted by molar-refractivity contribution is 9.10. The zero-order chi connectivity index (χ0) is 24.0. The predicted molar refractivity (Wildman–Crippen MR) is 136 cm³/mol. The van der Waals surface area contributed by atoms with Crippen molar-refractivity contribution in [3.63, 3.8) is 0 Å². The first kappa shape index (κ1) is 24.4. The van der Waals surface area contributed by atoms with E-state index in [0.717, 1.165) is 42.3 Å². The normalized spacial score (nSPS) is 14.6. The minimum atomic E-state index is -3.81. The van der Waals surface area contributed by atoms with E-state index in [2.05, 4.69) is 21.2 Å². The van der Waals surface area contributed by atoms with E-state index >= 15 is 0 Å². The van der Waals surface area contributed by atoms with Crippen molar-refractivity contribution in [3.8, 4) is 11.5 Å². The maximum atomic E-state index is 13.5. The molecule has 0 atom stereocenters. The predicted octanol–water partition coefficient (Wildman–Crippen LogP) is 6.20. The molecule has 1 aliphatic carbocycles. The molecule has 0 bridgehead atoms. The molecule has 1 amide bonds. The van der Waals surface area contributed by atoms with Crippen LogP contribution in [0.2, 0.25) is 0 Å². The highest BCUT2D eigenvalue weighted by atomic mass is 79.9. The van der Waals surface area contributed by atoms with Crippen molar-refractivity contribution in [3.05, 3.63) is 83.3 Å². The summed E-state index contributed by atoms with van der Waals surface area (Å²) in [4.78, 5) is 13.1. The molecular weight excluding hydrogens is 516 g/mol. The van der Waals surface area contributed by atoms with Crippen LogP contribution in [0.4, 0.5) is 5.69 Å². The number of hydrogen-bond donors (Lipinski definition) is 1. The van der Waals surface area contributed by atoms with Gasteiger partial charge < -0.3 is 10.1 Å². The molecule has 1 aliphatic rings. The van der Waals surface area contributed by atoms with E-state index in [1.54, 1.807) is 48.5 Å². The smallest absolute Gasteiger partial charge is 0.243 e. The lowest BCUT2D eigenvalue weighted by atomic mass is 9.95. The van der Waals surface area contributed by atoms with Gasteiger partial charge in [0.15, 0.2) is 0 Å². The average Bonchev–Trinajstić information content (AvgIpc) is 2.85. The fourth-order valence-corrected chi connectivity index (χ4v) is 6.00. The molecule has 3 aromatic rings. The summed E-state index contributed by atoms with van der Waals surface area (Å²) in [5.41, 5.74) is 0.579. The summed E-state index contributed by atoms with van der Waals surface area (Å²) in [5, 5.41) is 2.83. The zero-order valence-corrected chi connectivity index (χ0v) is 21.1. The Bertz CT molecular complexity index is 1190. The molecular formula is C26H27BrN2O4S. The number of para-hydroxylation sites is 1. The van der Waals surface area contributed by atoms with E-state index in [9.17, 15) is 13.2 Å². The Morgan fingerprint density at radius 2 is 1.50 bits per heavy atom. The molecule has 178 valence electrons. The van der Waals surface area contributed by atoms with Crippen LogP contribution in [0.15, 0.2) is 88.2 Å². The van der Waals surface area contributed by atoms with Gasteiger partial charge in [-0.05, 0) is 73.5 Å². The minimum absolute atomic E-state index is 0.185. The van der Waals surface area contributed by atoms with E-state index in [1.807, 2.05) is 30.3 Å². The number of halogens is 1. The number of sulfonamides is 1. The van der Waals surface area contributed by atoms with E-state index in [1.165, 1.54) is 4.31 Å². The van der Waals surface area contributed by atoms with Gasteiger partial charge in [0.25, 0.3) is 0 Å². The molecule has 0 aromatic heterocycles. The van der Waals surface area contributed by atoms with E-state index < -0.39 is 10.0 Å². The number of anilines is 1. The molecule has 0 radical (unpaired) electrons. The van der Waals surface area contributed by atoms with Crippen molar-refractivity contribution < 1.29 is 17.9 Å². The number of ether oxygens (including phenoxy) is 1. The van der Waals surface area contributed by atoms with E-state index in [0.29, 0.717) is 11.4 Å². The summed E-state index contributed by atoms with van der Waals surface area (Å²) in [6, 6.07) is 22.8. The molecule has 0 spiro atoms. The highest BCUT2D eigenvalue weighted by Gasteiger charge is 2.34. The van der Waals surface area contributed by atoms with Gasteiger partial charge in [0.1, 0.15) is 11.5 Å². The summed E-state index contributed by atoms with van der Waals surface area (Å²) >= 11 is 3.35. The third kappa shape index (κ3) is 6.25. The second kappa shape index (κ2) is 11.2. The standard InChI is InChI=1S/C26H27BrN2O4S/c27-20-11-17-25(18-12-20)34(31,32)29(22-7-3-1-4-8-22)19-26(30)28-21-13-15-24(16-14-21)33-23-9-5-2-6-10-23/h2,5-6,9-18,22H,1,3-4,7-8,19H2,(H,28,30). The summed E-state index contributed by atoms with van der Waals surface area (Å²) in [6.07, 6.45) is 4.53. The minimum Gasteiger partial charge on any atom is -0.457 e. The molecule has 0 unspecified atom stereocenters. The number of carbonyl (C=O) groups excluding carboxylic acids is 1. The molecule has 1 fully saturated rings. The lowest BCUT2D eigenvalue weighted by molar-refractivity contribution is -0.116. The second-order valence-corrected chi connectivity index (χ2v) is 11.1. The summed E-state index contributed by atoms with van der Waals surface area (Å²) in [5.74, 6) is 0.995. The Kier molecular flexibility index (Phi) is 8.03. The van der Waals surface area contributed by atoms with Gasteiger partial charge in [-0.3, -0.25) is 4.79 Å². The first-order chi connectivity index (χ1) is 16.4. The van der Waals surface area contributed by atoms with Gasteiger partial charge in [0.05, 0.1) is 11.4 Å². The van der Waals surface area contributed by atoms with Gasteiger partial charge in [-0.25, -0.2) is 8.42 Å². The van der Waals surface area contributed by atoms with Crippen LogP contribution in [-0.4, -0.2) is 31.2 Å². The lowest BCUT2D eigenvalue weighted by Crippen LogP contribution is -2.45. The van der Waals surface area contributed by atoms with Crippen molar-refractivity contribution in [1.82, 2.24) is 4.31 Å². The van der Waals surface area contributed by atoms with Gasteiger partial charge in [-0.2, -0.15) is 4.31 Å². The molecule has 4 rings (SSSR count). The van der Waals surface area contributed by atoms with Crippen molar-refractivity contribution in [1.29, 1.82) is 0 Å². The van der Waals surface area contributed by atoms with Gasteiger partial charge >= 0.3 is 0 Å². The molecule has 0 heterocycles. The average molecular weight is 543 g/mol. The molecule has 0 saturated heterocycles. The van der Waals surface area contributed by atoms with Crippen molar-refractivity contribution in [2.24, 2.45) is 0 Å². The number of amides is 1. The maximum absolute atomic E-state index is 13.5. The van der Waals surface area contributed by atoms with Crippen LogP contribution in [0.1, 0.15) is 32.1 Å². The van der Waals surface area contributed by atoms with Gasteiger partial charge in [-0.1, -0.05) is 53.4 Å². The Morgan fingerprint density at radius 3 is 2.15 bits per heavy atom. The Morgan fingerprint density at radius 1 is 0.882 bits per heavy atom. The first-order valence-electron chi connectivity index (χ1n) is 11.3. The van der Waals surface area contributed by atoms with Crippen molar-refractivity contribution in [2.75, 3.05) is 11.9 Å². The van der Waals surface area contributed by atoms with E-state index in [-0.39, 0.29) is 23.4 Å². The molecule has 8 heteroatoms. The molecule has 0 aliphatic heterocycles. The SMILES string of the molecule is O=C(CN(C1CCCCC1)S(=O)(=O)c1ccc(Br)cc1)Nc1ccc(Oc2ccccc2)cc1. The lowest BCUT2D eigenvalue weighted by Gasteiger charge is -2.33. The van der Waals surface area contributed by atoms with Gasteiger partial charge in [-0.15, -0.1) is 0 Å². The van der Waals surface area contributed by atoms with Crippen LogP contribution in [-0.2, 0) is 14.8 Å². The fraction of sp³-hybridized carbons (Fsp3) is 0.269. The van der Waals surface area contributed by atoms with Crippen LogP contribution < -0.4 is 10.1 Å². The third-order valence-corrected chi connectivity index (χ3v) is 8.26. The highest BCUT2D eigenvalue weighted by Crippen LogP contribution is 2.29. The zero-order valence-electron chi connectivity index (χ0n) is 18.7. The van der Waals surface area contributed by atoms with Gasteiger partial charge in [0.2, 0.25) is 15.9 Å². The summed E-state index contributed by atoms with van der Waals surface area (Å²) in [6.45, 7) is -0.231. The molecule has 1 saturated carbocycles. The van der Waals surface area contributed by atoms with Crippen LogP contribution in [0.25, 0.3) is 0 Å². The summed E-state index contributed by atoms with van der Waals surface area (Å²) in [7, 11) is -3.81. The Labute approximate surface area is 209 Å². The monoisotopic (exact) mass is 542 g/mol. The number of hydrogen-bond acceptors (Lipinski definition) is 4. The Balaban J connectivity index is 1.46. The number of nitrogens with zero attached hydrogens (tertiary/aromatic N) is 1. The van der Waals surface area contributed by atoms with Crippen LogP contribution in [0, 0.1) is 0 Å². The van der Waals surface area contributed by atoms with Crippen molar-refractivity contribution in [2.45, 2.75) is 43.0 Å². The molecule has 34 heavy (non-hydrogen) atoms. The van der Waals surface area contributed by atoms with E-state index in [4.69, 9.17) is 4.74 Å². The number of rotatable bonds is 8. The number of nitrogens with one attached hydrogen (secondary N) is 1. The van der Waals surface area contributed by atoms with Crippen LogP contribution in [0.5, 0.6) is 11.5 Å². The molecule has 3 aromatic carbocycles. The summed E-state index contributed by atoms with van der Waals surface area (Å²) < 4.78 is 34.9. The quantitative estimate of drug-likeness (QED) is 0.367. The first-order valence-corrected chi connectivity index (χ1v) is 13.6. The largest absolute Gasteiger partial charge is 0.457 e. The van der Waals surface area contributed by atoms with Crippen LogP contribution in [0.3, 0.4) is 0 Å². The van der Waals surface area contributed by atoms with Crippen LogP contribution >= 0.6 is 15.9 Å².